The number of benzene rings is 1. The van der Waals surface area contributed by atoms with Crippen molar-refractivity contribution < 1.29 is 33.5 Å². The molecule has 1 heterocycles. The van der Waals surface area contributed by atoms with Gasteiger partial charge in [-0.05, 0) is 44.2 Å². The highest BCUT2D eigenvalue weighted by Crippen LogP contribution is 2.46. The molecule has 12 nitrogen and oxygen atoms in total. The van der Waals surface area contributed by atoms with Crippen LogP contribution in [0, 0.1) is 12.3 Å². The molecule has 0 aliphatic carbocycles. The fourth-order valence-corrected chi connectivity index (χ4v) is 5.64. The maximum Gasteiger partial charge on any atom is 0.330 e. The van der Waals surface area contributed by atoms with Crippen molar-refractivity contribution in [3.05, 3.63) is 63.4 Å². The maximum absolute atomic E-state index is 12.8. The summed E-state index contributed by atoms with van der Waals surface area (Å²) in [6, 6.07) is 8.77. The predicted octanol–water partition coefficient (Wildman–Crippen LogP) is 1.44. The maximum atomic E-state index is 12.8. The smallest absolute Gasteiger partial charge is 0.330 e. The van der Waals surface area contributed by atoms with E-state index >= 15 is 0 Å². The summed E-state index contributed by atoms with van der Waals surface area (Å²) < 4.78 is 24.0. The van der Waals surface area contributed by atoms with Gasteiger partial charge in [-0.15, -0.1) is 6.42 Å². The second-order valence-electron chi connectivity index (χ2n) is 8.59. The number of hydrogen-bond donors (Lipinski definition) is 4. The topological polar surface area (TPSA) is 161 Å². The molecule has 39 heavy (non-hydrogen) atoms. The van der Waals surface area contributed by atoms with E-state index in [1.165, 1.54) is 0 Å². The van der Waals surface area contributed by atoms with Crippen molar-refractivity contribution in [2.75, 3.05) is 13.2 Å². The average molecular weight is 584 g/mol. The van der Waals surface area contributed by atoms with Crippen LogP contribution in [-0.4, -0.2) is 63.3 Å². The molecule has 2 aromatic rings. The Hall–Kier alpha value is -2.82. The van der Waals surface area contributed by atoms with Crippen molar-refractivity contribution in [1.29, 1.82) is 0 Å². The minimum Gasteiger partial charge on any atom is -0.462 e. The number of aliphatic hydroxyl groups is 2. The lowest BCUT2D eigenvalue weighted by molar-refractivity contribution is -0.149. The Morgan fingerprint density at radius 2 is 1.95 bits per heavy atom. The van der Waals surface area contributed by atoms with Gasteiger partial charge in [0.05, 0.1) is 19.3 Å². The third-order valence-electron chi connectivity index (χ3n) is 5.08. The lowest BCUT2D eigenvalue weighted by Gasteiger charge is -2.31. The number of aromatic amines is 1. The second kappa shape index (κ2) is 15.7. The first-order chi connectivity index (χ1) is 18.5. The number of carbonyl (C=O) groups excluding carboxylic acids is 1. The molecule has 0 aliphatic rings. The van der Waals surface area contributed by atoms with Gasteiger partial charge in [0.25, 0.3) is 5.56 Å². The molecule has 1 aromatic heterocycles. The number of aliphatic hydroxyl groups excluding tert-OH is 2. The van der Waals surface area contributed by atoms with Crippen molar-refractivity contribution in [2.24, 2.45) is 0 Å². The number of esters is 1. The monoisotopic (exact) mass is 583 g/mol. The third kappa shape index (κ3) is 10.3. The molecule has 0 fully saturated rings. The number of ether oxygens (including phenoxy) is 2. The highest BCUT2D eigenvalue weighted by molar-refractivity contribution is 8.09. The summed E-state index contributed by atoms with van der Waals surface area (Å²) in [5.41, 5.74) is -1.49. The minimum atomic E-state index is -3.52. The van der Waals surface area contributed by atoms with E-state index in [2.05, 4.69) is 16.0 Å². The van der Waals surface area contributed by atoms with E-state index < -0.39 is 61.6 Å². The van der Waals surface area contributed by atoms with Crippen molar-refractivity contribution in [2.45, 2.75) is 64.2 Å². The van der Waals surface area contributed by atoms with Crippen LogP contribution in [0.25, 0.3) is 0 Å². The fourth-order valence-electron chi connectivity index (χ4n) is 3.28. The van der Waals surface area contributed by atoms with Crippen molar-refractivity contribution in [3.63, 3.8) is 0 Å². The van der Waals surface area contributed by atoms with Gasteiger partial charge in [0.2, 0.25) is 0 Å². The van der Waals surface area contributed by atoms with Crippen molar-refractivity contribution >= 4 is 24.4 Å². The van der Waals surface area contributed by atoms with E-state index in [9.17, 15) is 24.6 Å². The zero-order chi connectivity index (χ0) is 29.0. The zero-order valence-electron chi connectivity index (χ0n) is 21.9. The molecule has 0 aliphatic heterocycles. The molecule has 0 saturated carbocycles. The van der Waals surface area contributed by atoms with Crippen molar-refractivity contribution in [1.82, 2.24) is 14.6 Å². The summed E-state index contributed by atoms with van der Waals surface area (Å²) in [4.78, 5) is 38.4. The summed E-state index contributed by atoms with van der Waals surface area (Å²) in [5.74, 6) is 1.96. The first-order valence-electron chi connectivity index (χ1n) is 12.2. The number of nitrogens with one attached hydrogen (secondary N) is 2. The molecule has 3 unspecified atom stereocenters. The molecule has 0 spiro atoms. The number of nitrogens with zero attached hydrogens (tertiary/aromatic N) is 1. The number of para-hydroxylation sites is 1. The van der Waals surface area contributed by atoms with Crippen LogP contribution in [0.1, 0.15) is 39.8 Å². The van der Waals surface area contributed by atoms with Crippen LogP contribution in [0.4, 0.5) is 0 Å². The van der Waals surface area contributed by atoms with Gasteiger partial charge in [0, 0.05) is 12.3 Å². The molecular formula is C25H34N3O9PS. The van der Waals surface area contributed by atoms with E-state index in [4.69, 9.17) is 36.8 Å². The Morgan fingerprint density at radius 1 is 1.26 bits per heavy atom. The van der Waals surface area contributed by atoms with Gasteiger partial charge in [-0.1, -0.05) is 37.5 Å². The SMILES string of the molecule is C#C[C@H](O)[C@@H](COP(=S)(NC(CCC)C(=O)OC(C)C)Oc1ccccc1)OC(CO)n1ccc(=O)[nH]c1=O. The van der Waals surface area contributed by atoms with Crippen LogP contribution in [0.3, 0.4) is 0 Å². The molecule has 4 N–H and O–H groups in total. The lowest BCUT2D eigenvalue weighted by Crippen LogP contribution is -2.41. The van der Waals surface area contributed by atoms with Gasteiger partial charge in [-0.25, -0.2) is 9.88 Å². The standard InChI is InChI=1S/C25H34N3O9PS/c1-5-10-19(24(32)35-17(3)4)27-38(39,37-18-11-8-7-9-12-18)34-16-21(20(30)6-2)36-23(15-29)28-14-13-22(31)26-25(28)33/h2,7-9,11-14,17,19-21,23,29-30H,5,10,15-16H2,1,3-4H3,(H,27,39)(H,26,31,33)/t19?,20-,21+,23?,38?/m0/s1. The molecular weight excluding hydrogens is 549 g/mol. The Kier molecular flexibility index (Phi) is 13.0. The van der Waals surface area contributed by atoms with Gasteiger partial charge in [-0.2, -0.15) is 0 Å². The third-order valence-corrected chi connectivity index (χ3v) is 7.50. The van der Waals surface area contributed by atoms with Crippen LogP contribution in [0.2, 0.25) is 0 Å². The summed E-state index contributed by atoms with van der Waals surface area (Å²) in [5, 5.41) is 23.3. The Bertz CT molecular complexity index is 1260. The number of aromatic nitrogens is 2. The number of carbonyl (C=O) groups is 1. The van der Waals surface area contributed by atoms with Gasteiger partial charge >= 0.3 is 18.3 Å². The van der Waals surface area contributed by atoms with Crippen LogP contribution in [0.5, 0.6) is 5.75 Å². The fraction of sp³-hybridized carbons (Fsp3) is 0.480. The molecule has 0 saturated heterocycles. The van der Waals surface area contributed by atoms with E-state index in [1.54, 1.807) is 44.2 Å². The highest BCUT2D eigenvalue weighted by Gasteiger charge is 2.33. The summed E-state index contributed by atoms with van der Waals surface area (Å²) >= 11 is 5.73. The Labute approximate surface area is 231 Å². The summed E-state index contributed by atoms with van der Waals surface area (Å²) in [6.07, 6.45) is 2.99. The van der Waals surface area contributed by atoms with Gasteiger partial charge in [0.15, 0.2) is 6.23 Å². The van der Waals surface area contributed by atoms with E-state index in [0.29, 0.717) is 18.6 Å². The Morgan fingerprint density at radius 3 is 2.51 bits per heavy atom. The number of hydrogen-bond acceptors (Lipinski definition) is 10. The van der Waals surface area contributed by atoms with Gasteiger partial charge in [-0.3, -0.25) is 19.1 Å². The zero-order valence-corrected chi connectivity index (χ0v) is 23.6. The number of H-pyrrole nitrogens is 1. The summed E-state index contributed by atoms with van der Waals surface area (Å²) in [6.45, 7) is 0.663. The molecule has 0 amide bonds. The normalized spacial score (nSPS) is 15.9. The van der Waals surface area contributed by atoms with E-state index in [1.807, 2.05) is 6.92 Å². The van der Waals surface area contributed by atoms with Crippen LogP contribution >= 0.6 is 6.64 Å². The molecule has 2 rings (SSSR count). The summed E-state index contributed by atoms with van der Waals surface area (Å²) in [7, 11) is 0. The van der Waals surface area contributed by atoms with Crippen LogP contribution in [-0.2, 0) is 30.6 Å². The van der Waals surface area contributed by atoms with Crippen LogP contribution < -0.4 is 20.9 Å². The minimum absolute atomic E-state index is 0.359. The number of terminal acetylenes is 1. The van der Waals surface area contributed by atoms with Crippen molar-refractivity contribution in [3.8, 4) is 18.1 Å². The first kappa shape index (κ1) is 32.4. The second-order valence-corrected chi connectivity index (χ2v) is 11.7. The average Bonchev–Trinajstić information content (AvgIpc) is 2.89. The largest absolute Gasteiger partial charge is 0.462 e. The van der Waals surface area contributed by atoms with Gasteiger partial charge in [0.1, 0.15) is 24.0 Å². The van der Waals surface area contributed by atoms with Gasteiger partial charge < -0.3 is 28.7 Å². The number of rotatable bonds is 16. The molecule has 14 heteroatoms. The lowest BCUT2D eigenvalue weighted by atomic mass is 10.2. The first-order valence-corrected chi connectivity index (χ1v) is 14.8. The molecule has 0 radical (unpaired) electrons. The van der Waals surface area contributed by atoms with Crippen LogP contribution in [0.15, 0.2) is 52.2 Å². The molecule has 0 bridgehead atoms. The highest BCUT2D eigenvalue weighted by atomic mass is 32.5. The molecule has 1 aromatic carbocycles. The van der Waals surface area contributed by atoms with E-state index in [-0.39, 0.29) is 6.10 Å². The molecule has 214 valence electrons. The van der Waals surface area contributed by atoms with E-state index in [0.717, 1.165) is 16.8 Å². The quantitative estimate of drug-likeness (QED) is 0.129. The molecule has 5 atom stereocenters. The predicted molar refractivity (Wildman–Crippen MR) is 148 cm³/mol. The Balaban J connectivity index is 2.34.